The molecule has 1 heterocycles. The lowest BCUT2D eigenvalue weighted by Gasteiger charge is -2.15. The van der Waals surface area contributed by atoms with Gasteiger partial charge in [0.25, 0.3) is 0 Å². The first-order valence-electron chi connectivity index (χ1n) is 5.86. The number of unbranched alkanes of at least 4 members (excludes halogenated alkanes) is 2. The van der Waals surface area contributed by atoms with E-state index in [0.29, 0.717) is 11.7 Å². The molecular formula is C12H21N3. The van der Waals surface area contributed by atoms with Crippen LogP contribution in [-0.4, -0.2) is 10.2 Å². The molecule has 0 aliphatic heterocycles. The molecule has 2 N–H and O–H groups in total. The summed E-state index contributed by atoms with van der Waals surface area (Å²) in [4.78, 5) is 0. The van der Waals surface area contributed by atoms with E-state index in [2.05, 4.69) is 24.0 Å². The van der Waals surface area contributed by atoms with Crippen LogP contribution in [0.2, 0.25) is 0 Å². The van der Waals surface area contributed by atoms with E-state index in [1.165, 1.54) is 31.2 Å². The average molecular weight is 207 g/mol. The van der Waals surface area contributed by atoms with E-state index >= 15 is 0 Å². The summed E-state index contributed by atoms with van der Waals surface area (Å²) < 4.78 is 0. The van der Waals surface area contributed by atoms with Crippen molar-refractivity contribution < 1.29 is 0 Å². The lowest BCUT2D eigenvalue weighted by Crippen LogP contribution is -2.05. The fourth-order valence-corrected chi connectivity index (χ4v) is 1.92. The molecule has 0 bridgehead atoms. The van der Waals surface area contributed by atoms with Gasteiger partial charge in [-0.05, 0) is 24.8 Å². The first-order chi connectivity index (χ1) is 7.29. The molecular weight excluding hydrogens is 186 g/mol. The maximum Gasteiger partial charge on any atom is 0.149 e. The van der Waals surface area contributed by atoms with E-state index in [1.54, 1.807) is 6.20 Å². The van der Waals surface area contributed by atoms with Crippen molar-refractivity contribution >= 4 is 5.82 Å². The zero-order chi connectivity index (χ0) is 11.1. The van der Waals surface area contributed by atoms with Crippen molar-refractivity contribution in [2.75, 3.05) is 5.73 Å². The van der Waals surface area contributed by atoms with Crippen LogP contribution in [0.1, 0.15) is 57.4 Å². The lowest BCUT2D eigenvalue weighted by atomic mass is 9.92. The normalized spacial score (nSPS) is 12.7. The van der Waals surface area contributed by atoms with Crippen LogP contribution in [0, 0.1) is 0 Å². The molecule has 0 spiro atoms. The second-order valence-corrected chi connectivity index (χ2v) is 3.97. The van der Waals surface area contributed by atoms with Gasteiger partial charge in [-0.3, -0.25) is 0 Å². The van der Waals surface area contributed by atoms with E-state index in [4.69, 9.17) is 5.73 Å². The van der Waals surface area contributed by atoms with Gasteiger partial charge in [0.2, 0.25) is 0 Å². The Morgan fingerprint density at radius 2 is 2.13 bits per heavy atom. The van der Waals surface area contributed by atoms with Crippen molar-refractivity contribution in [3.63, 3.8) is 0 Å². The predicted octanol–water partition coefficient (Wildman–Crippen LogP) is 3.13. The van der Waals surface area contributed by atoms with Gasteiger partial charge in [-0.25, -0.2) is 0 Å². The topological polar surface area (TPSA) is 51.8 Å². The standard InChI is InChI=1S/C12H21N3/c1-3-5-6-7-10(4-2)11-8-9-14-15-12(11)13/h8-10H,3-7H2,1-2H3,(H2,13,15). The third-order valence-corrected chi connectivity index (χ3v) is 2.87. The number of aromatic nitrogens is 2. The second kappa shape index (κ2) is 6.38. The summed E-state index contributed by atoms with van der Waals surface area (Å²) in [6.45, 7) is 4.43. The van der Waals surface area contributed by atoms with Crippen LogP contribution in [0.5, 0.6) is 0 Å². The first-order valence-corrected chi connectivity index (χ1v) is 5.86. The Balaban J connectivity index is 2.61. The molecule has 3 nitrogen and oxygen atoms in total. The Hall–Kier alpha value is -1.12. The Morgan fingerprint density at radius 3 is 2.73 bits per heavy atom. The average Bonchev–Trinajstić information content (AvgIpc) is 2.26. The number of nitrogens with zero attached hydrogens (tertiary/aromatic N) is 2. The lowest BCUT2D eigenvalue weighted by molar-refractivity contribution is 0.552. The summed E-state index contributed by atoms with van der Waals surface area (Å²) in [7, 11) is 0. The fraction of sp³-hybridized carbons (Fsp3) is 0.667. The SMILES string of the molecule is CCCCCC(CC)c1ccnnc1N. The summed E-state index contributed by atoms with van der Waals surface area (Å²) in [5, 5.41) is 7.69. The van der Waals surface area contributed by atoms with Crippen LogP contribution in [-0.2, 0) is 0 Å². The number of nitrogen functional groups attached to an aromatic ring is 1. The zero-order valence-corrected chi connectivity index (χ0v) is 9.74. The van der Waals surface area contributed by atoms with E-state index in [-0.39, 0.29) is 0 Å². The predicted molar refractivity (Wildman–Crippen MR) is 63.6 cm³/mol. The third kappa shape index (κ3) is 3.50. The highest BCUT2D eigenvalue weighted by Gasteiger charge is 2.12. The number of rotatable bonds is 6. The van der Waals surface area contributed by atoms with Gasteiger partial charge in [0.15, 0.2) is 0 Å². The molecule has 1 unspecified atom stereocenters. The van der Waals surface area contributed by atoms with Crippen LogP contribution < -0.4 is 5.73 Å². The van der Waals surface area contributed by atoms with Crippen molar-refractivity contribution in [3.05, 3.63) is 17.8 Å². The van der Waals surface area contributed by atoms with Crippen LogP contribution >= 0.6 is 0 Å². The fourth-order valence-electron chi connectivity index (χ4n) is 1.92. The minimum absolute atomic E-state index is 0.548. The van der Waals surface area contributed by atoms with Crippen molar-refractivity contribution in [3.8, 4) is 0 Å². The zero-order valence-electron chi connectivity index (χ0n) is 9.74. The van der Waals surface area contributed by atoms with E-state index in [0.717, 1.165) is 6.42 Å². The number of nitrogens with two attached hydrogens (primary N) is 1. The van der Waals surface area contributed by atoms with Crippen molar-refractivity contribution in [1.82, 2.24) is 10.2 Å². The highest BCUT2D eigenvalue weighted by Crippen LogP contribution is 2.28. The van der Waals surface area contributed by atoms with E-state index < -0.39 is 0 Å². The molecule has 0 aliphatic rings. The van der Waals surface area contributed by atoms with Crippen LogP contribution in [0.15, 0.2) is 12.3 Å². The Labute approximate surface area is 92.1 Å². The molecule has 1 atom stereocenters. The Morgan fingerprint density at radius 1 is 1.33 bits per heavy atom. The van der Waals surface area contributed by atoms with Gasteiger partial charge in [0, 0.05) is 5.56 Å². The molecule has 15 heavy (non-hydrogen) atoms. The van der Waals surface area contributed by atoms with Gasteiger partial charge in [-0.1, -0.05) is 33.1 Å². The molecule has 84 valence electrons. The van der Waals surface area contributed by atoms with Crippen molar-refractivity contribution in [2.24, 2.45) is 0 Å². The summed E-state index contributed by atoms with van der Waals surface area (Å²) in [5.41, 5.74) is 7.00. The number of anilines is 1. The van der Waals surface area contributed by atoms with Gasteiger partial charge in [0.05, 0.1) is 6.20 Å². The molecule has 1 aromatic rings. The summed E-state index contributed by atoms with van der Waals surface area (Å²) in [6, 6.07) is 2.00. The largest absolute Gasteiger partial charge is 0.382 e. The molecule has 1 aromatic heterocycles. The summed E-state index contributed by atoms with van der Waals surface area (Å²) in [5.74, 6) is 1.15. The van der Waals surface area contributed by atoms with Crippen LogP contribution in [0.25, 0.3) is 0 Å². The maximum atomic E-state index is 5.83. The monoisotopic (exact) mass is 207 g/mol. The molecule has 0 aromatic carbocycles. The highest BCUT2D eigenvalue weighted by atomic mass is 15.1. The first kappa shape index (κ1) is 12.0. The van der Waals surface area contributed by atoms with E-state index in [9.17, 15) is 0 Å². The van der Waals surface area contributed by atoms with Crippen LogP contribution in [0.4, 0.5) is 5.82 Å². The minimum Gasteiger partial charge on any atom is -0.382 e. The van der Waals surface area contributed by atoms with Gasteiger partial charge in [-0.2, -0.15) is 5.10 Å². The molecule has 0 saturated heterocycles. The van der Waals surface area contributed by atoms with Gasteiger partial charge < -0.3 is 5.73 Å². The molecule has 1 rings (SSSR count). The molecule has 0 fully saturated rings. The molecule has 0 radical (unpaired) electrons. The molecule has 0 aliphatic carbocycles. The Bertz CT molecular complexity index is 286. The summed E-state index contributed by atoms with van der Waals surface area (Å²) >= 11 is 0. The molecule has 3 heteroatoms. The minimum atomic E-state index is 0.548. The number of hydrogen-bond donors (Lipinski definition) is 1. The van der Waals surface area contributed by atoms with E-state index in [1.807, 2.05) is 6.07 Å². The smallest absolute Gasteiger partial charge is 0.149 e. The second-order valence-electron chi connectivity index (χ2n) is 3.97. The summed E-state index contributed by atoms with van der Waals surface area (Å²) in [6.07, 6.45) is 7.90. The van der Waals surface area contributed by atoms with Gasteiger partial charge in [0.1, 0.15) is 5.82 Å². The number of hydrogen-bond acceptors (Lipinski definition) is 3. The molecule has 0 amide bonds. The third-order valence-electron chi connectivity index (χ3n) is 2.87. The molecule has 0 saturated carbocycles. The van der Waals surface area contributed by atoms with Crippen LogP contribution in [0.3, 0.4) is 0 Å². The van der Waals surface area contributed by atoms with Crippen molar-refractivity contribution in [1.29, 1.82) is 0 Å². The Kier molecular flexibility index (Phi) is 5.08. The quantitative estimate of drug-likeness (QED) is 0.729. The van der Waals surface area contributed by atoms with Gasteiger partial charge in [-0.15, -0.1) is 5.10 Å². The highest BCUT2D eigenvalue weighted by molar-refractivity contribution is 5.39. The van der Waals surface area contributed by atoms with Crippen molar-refractivity contribution in [2.45, 2.75) is 51.9 Å². The van der Waals surface area contributed by atoms with Gasteiger partial charge >= 0.3 is 0 Å². The maximum absolute atomic E-state index is 5.83.